The van der Waals surface area contributed by atoms with E-state index in [1.165, 1.54) is 12.1 Å². The van der Waals surface area contributed by atoms with Crippen LogP contribution in [0.4, 0.5) is 18.9 Å². The fourth-order valence-electron chi connectivity index (χ4n) is 4.12. The predicted octanol–water partition coefficient (Wildman–Crippen LogP) is 5.67. The zero-order valence-corrected chi connectivity index (χ0v) is 19.7. The molecule has 3 aromatic rings. The van der Waals surface area contributed by atoms with Crippen molar-refractivity contribution in [2.24, 2.45) is 0 Å². The summed E-state index contributed by atoms with van der Waals surface area (Å²) in [5.41, 5.74) is -2.58. The number of pyridine rings is 1. The molecule has 1 atom stereocenters. The van der Waals surface area contributed by atoms with E-state index in [4.69, 9.17) is 9.52 Å². The van der Waals surface area contributed by atoms with Crippen LogP contribution in [0.5, 0.6) is 0 Å². The smallest absolute Gasteiger partial charge is 0.381 e. The number of carbonyl (C=O) groups is 1. The van der Waals surface area contributed by atoms with E-state index >= 15 is 0 Å². The summed E-state index contributed by atoms with van der Waals surface area (Å²) in [6.07, 6.45) is 2.56. The maximum Gasteiger partial charge on any atom is 0.483 e. The zero-order chi connectivity index (χ0) is 25.3. The molecule has 1 fully saturated rings. The molecule has 10 heteroatoms. The van der Waals surface area contributed by atoms with E-state index in [9.17, 15) is 22.2 Å². The largest absolute Gasteiger partial charge is 0.483 e. The van der Waals surface area contributed by atoms with Gasteiger partial charge in [0.1, 0.15) is 0 Å². The molecular weight excluding hydrogens is 479 g/mol. The van der Waals surface area contributed by atoms with Gasteiger partial charge in [0.05, 0.1) is 10.3 Å². The molecule has 2 heterocycles. The molecule has 0 spiro atoms. The summed E-state index contributed by atoms with van der Waals surface area (Å²) >= 11 is 0. The topological polar surface area (TPSA) is 92.1 Å². The molecule has 0 radical (unpaired) electrons. The number of aryl methyl sites for hydroxylation is 1. The Morgan fingerprint density at radius 1 is 1.06 bits per heavy atom. The third-order valence-electron chi connectivity index (χ3n) is 6.21. The van der Waals surface area contributed by atoms with Crippen LogP contribution in [0.25, 0.3) is 11.1 Å². The molecule has 1 aliphatic rings. The van der Waals surface area contributed by atoms with Crippen LogP contribution < -0.4 is 5.32 Å². The summed E-state index contributed by atoms with van der Waals surface area (Å²) < 4.78 is 64.1. The molecule has 0 bridgehead atoms. The van der Waals surface area contributed by atoms with Gasteiger partial charge in [0.25, 0.3) is 0 Å². The van der Waals surface area contributed by atoms with Crippen molar-refractivity contribution in [3.05, 3.63) is 78.1 Å². The molecule has 1 unspecified atom stereocenters. The number of amides is 1. The van der Waals surface area contributed by atoms with Crippen molar-refractivity contribution in [1.29, 1.82) is 4.78 Å². The van der Waals surface area contributed by atoms with Crippen molar-refractivity contribution in [3.63, 3.8) is 0 Å². The summed E-state index contributed by atoms with van der Waals surface area (Å²) in [4.78, 5) is 17.1. The van der Waals surface area contributed by atoms with Gasteiger partial charge in [-0.2, -0.15) is 13.2 Å². The van der Waals surface area contributed by atoms with Crippen molar-refractivity contribution < 1.29 is 26.9 Å². The summed E-state index contributed by atoms with van der Waals surface area (Å²) in [5.74, 6) is -0.397. The summed E-state index contributed by atoms with van der Waals surface area (Å²) in [6.45, 7) is 2.61. The van der Waals surface area contributed by atoms with E-state index < -0.39 is 31.5 Å². The number of aromatic nitrogens is 1. The number of rotatable bonds is 5. The van der Waals surface area contributed by atoms with Crippen molar-refractivity contribution in [2.45, 2.75) is 35.6 Å². The first-order valence-electron chi connectivity index (χ1n) is 10.9. The highest BCUT2D eigenvalue weighted by Crippen LogP contribution is 2.38. The van der Waals surface area contributed by atoms with Gasteiger partial charge in [-0.25, -0.2) is 8.99 Å². The quantitative estimate of drug-likeness (QED) is 0.469. The Labute approximate surface area is 201 Å². The highest BCUT2D eigenvalue weighted by atomic mass is 32.2. The fourth-order valence-corrected chi connectivity index (χ4v) is 4.95. The minimum absolute atomic E-state index is 0.0462. The minimum Gasteiger partial charge on any atom is -0.381 e. The van der Waals surface area contributed by atoms with Crippen molar-refractivity contribution in [3.8, 4) is 11.1 Å². The molecule has 6 nitrogen and oxygen atoms in total. The van der Waals surface area contributed by atoms with Crippen LogP contribution in [0.3, 0.4) is 0 Å². The number of benzene rings is 2. The van der Waals surface area contributed by atoms with Crippen LogP contribution in [-0.2, 0) is 24.7 Å². The monoisotopic (exact) mass is 503 g/mol. The van der Waals surface area contributed by atoms with E-state index in [0.717, 1.165) is 34.5 Å². The number of alkyl halides is 3. The summed E-state index contributed by atoms with van der Waals surface area (Å²) in [7, 11) is -5.04. The van der Waals surface area contributed by atoms with Crippen LogP contribution in [0.1, 0.15) is 24.1 Å². The third kappa shape index (κ3) is 4.94. The molecule has 35 heavy (non-hydrogen) atoms. The Morgan fingerprint density at radius 2 is 1.71 bits per heavy atom. The number of nitrogens with zero attached hydrogens (tertiary/aromatic N) is 1. The van der Waals surface area contributed by atoms with E-state index in [0.29, 0.717) is 26.1 Å². The second kappa shape index (κ2) is 9.43. The lowest BCUT2D eigenvalue weighted by atomic mass is 9.73. The van der Waals surface area contributed by atoms with E-state index in [1.807, 2.05) is 43.3 Å². The van der Waals surface area contributed by atoms with E-state index in [2.05, 4.69) is 10.3 Å². The van der Waals surface area contributed by atoms with E-state index in [-0.39, 0.29) is 5.69 Å². The molecule has 1 saturated heterocycles. The predicted molar refractivity (Wildman–Crippen MR) is 126 cm³/mol. The molecule has 1 aromatic heterocycles. The van der Waals surface area contributed by atoms with Crippen molar-refractivity contribution in [1.82, 2.24) is 4.98 Å². The molecule has 2 aromatic carbocycles. The molecule has 2 N–H and O–H groups in total. The Hall–Kier alpha value is -3.24. The van der Waals surface area contributed by atoms with Crippen molar-refractivity contribution in [2.75, 3.05) is 18.5 Å². The summed E-state index contributed by atoms with van der Waals surface area (Å²) in [5, 5.41) is 2.69. The van der Waals surface area contributed by atoms with Gasteiger partial charge in [-0.05, 0) is 55.2 Å². The molecule has 184 valence electrons. The normalized spacial score (nSPS) is 17.4. The van der Waals surface area contributed by atoms with Crippen LogP contribution in [0.2, 0.25) is 0 Å². The molecule has 1 amide bonds. The van der Waals surface area contributed by atoms with Crippen LogP contribution >= 0.6 is 0 Å². The highest BCUT2D eigenvalue weighted by molar-refractivity contribution is 7.93. The number of ether oxygens (including phenoxy) is 1. The zero-order valence-electron chi connectivity index (χ0n) is 18.9. The molecular formula is C25H24F3N3O3S. The second-order valence-corrected chi connectivity index (χ2v) is 10.5. The minimum atomic E-state index is -5.22. The first-order valence-corrected chi connectivity index (χ1v) is 12.5. The molecule has 0 aliphatic carbocycles. The van der Waals surface area contributed by atoms with Gasteiger partial charge >= 0.3 is 5.51 Å². The van der Waals surface area contributed by atoms with Gasteiger partial charge < -0.3 is 10.1 Å². The molecule has 1 aliphatic heterocycles. The Kier molecular flexibility index (Phi) is 6.70. The Balaban J connectivity index is 1.63. The highest BCUT2D eigenvalue weighted by Gasteiger charge is 2.44. The molecule has 4 rings (SSSR count). The van der Waals surface area contributed by atoms with Gasteiger partial charge in [0.15, 0.2) is 9.73 Å². The lowest BCUT2D eigenvalue weighted by Crippen LogP contribution is -2.44. The van der Waals surface area contributed by atoms with Gasteiger partial charge in [-0.3, -0.25) is 9.78 Å². The van der Waals surface area contributed by atoms with Crippen LogP contribution in [-0.4, -0.2) is 33.8 Å². The maximum atomic E-state index is 13.5. The average Bonchev–Trinajstić information content (AvgIpc) is 2.84. The third-order valence-corrected chi connectivity index (χ3v) is 7.78. The summed E-state index contributed by atoms with van der Waals surface area (Å²) in [6, 6.07) is 16.0. The average molecular weight is 504 g/mol. The van der Waals surface area contributed by atoms with E-state index in [1.54, 1.807) is 6.20 Å². The number of anilines is 1. The van der Waals surface area contributed by atoms with Crippen LogP contribution in [0.15, 0.2) is 71.8 Å². The van der Waals surface area contributed by atoms with Gasteiger partial charge in [-0.1, -0.05) is 36.4 Å². The first kappa shape index (κ1) is 24.9. The SMILES string of the molecule is Cc1ccc(-c2ccc(C3(C(=O)Nc4cccc(S(=N)(=O)C(F)(F)F)c4)CCOCC3)cc2)cn1. The maximum absolute atomic E-state index is 13.5. The van der Waals surface area contributed by atoms with Gasteiger partial charge in [-0.15, -0.1) is 0 Å². The number of nitrogens with one attached hydrogen (secondary N) is 2. The lowest BCUT2D eigenvalue weighted by molar-refractivity contribution is -0.125. The van der Waals surface area contributed by atoms with Gasteiger partial charge in [0.2, 0.25) is 5.91 Å². The lowest BCUT2D eigenvalue weighted by Gasteiger charge is -2.36. The number of halogens is 3. The molecule has 0 saturated carbocycles. The number of carbonyl (C=O) groups excluding carboxylic acids is 1. The second-order valence-electron chi connectivity index (χ2n) is 8.44. The first-order chi connectivity index (χ1) is 16.5. The Morgan fingerprint density at radius 3 is 2.31 bits per heavy atom. The van der Waals surface area contributed by atoms with Gasteiger partial charge in [0, 0.05) is 36.4 Å². The van der Waals surface area contributed by atoms with Crippen molar-refractivity contribution >= 4 is 21.3 Å². The van der Waals surface area contributed by atoms with Crippen LogP contribution in [0, 0.1) is 11.7 Å². The fraction of sp³-hybridized carbons (Fsp3) is 0.280. The standard InChI is InChI=1S/C25H24F3N3O3S/c1-17-5-6-19(16-30-17)18-7-9-20(10-8-18)24(11-13-34-14-12-24)23(32)31-21-3-2-4-22(15-21)35(29,33)25(26,27)28/h2-10,15-16,29H,11-14H2,1H3,(H,31,32). The number of hydrogen-bond donors (Lipinski definition) is 2. The Bertz CT molecular complexity index is 1320. The number of hydrogen-bond acceptors (Lipinski definition) is 5.